The van der Waals surface area contributed by atoms with Gasteiger partial charge < -0.3 is 25.2 Å². The highest BCUT2D eigenvalue weighted by Crippen LogP contribution is 2.27. The number of carbonyl (C=O) groups is 4. The third-order valence-corrected chi connectivity index (χ3v) is 5.77. The molecule has 39 heavy (non-hydrogen) atoms. The lowest BCUT2D eigenvalue weighted by Gasteiger charge is -2.25. The Bertz CT molecular complexity index is 1110. The van der Waals surface area contributed by atoms with E-state index >= 15 is 0 Å². The minimum atomic E-state index is -1.45. The number of rotatable bonds is 16. The van der Waals surface area contributed by atoms with Crippen LogP contribution in [0.1, 0.15) is 56.1 Å². The molecule has 2 atom stereocenters. The van der Waals surface area contributed by atoms with Gasteiger partial charge in [0.1, 0.15) is 12.6 Å². The van der Waals surface area contributed by atoms with E-state index in [1.54, 1.807) is 6.92 Å². The number of amides is 2. The molecular formula is C27H33N3O9. The molecule has 210 valence electrons. The first-order valence-corrected chi connectivity index (χ1v) is 12.6. The van der Waals surface area contributed by atoms with Gasteiger partial charge in [-0.15, -0.1) is 0 Å². The number of unbranched alkanes of at least 4 members (excludes halogenated alkanes) is 2. The molecule has 0 unspecified atom stereocenters. The van der Waals surface area contributed by atoms with Crippen molar-refractivity contribution in [3.63, 3.8) is 0 Å². The number of benzene rings is 2. The van der Waals surface area contributed by atoms with Crippen molar-refractivity contribution in [3.05, 3.63) is 75.8 Å². The van der Waals surface area contributed by atoms with Gasteiger partial charge in [-0.25, -0.2) is 9.59 Å². The molecular weight excluding hydrogens is 510 g/mol. The molecule has 0 bridgehead atoms. The van der Waals surface area contributed by atoms with Gasteiger partial charge in [0.05, 0.1) is 18.0 Å². The minimum Gasteiger partial charge on any atom is -0.480 e. The molecule has 0 saturated carbocycles. The van der Waals surface area contributed by atoms with Gasteiger partial charge in [0.2, 0.25) is 5.91 Å². The van der Waals surface area contributed by atoms with Crippen LogP contribution in [0.4, 0.5) is 10.5 Å². The zero-order valence-electron chi connectivity index (χ0n) is 21.7. The summed E-state index contributed by atoms with van der Waals surface area (Å²) < 4.78 is 10.1. The summed E-state index contributed by atoms with van der Waals surface area (Å²) in [6.45, 7) is 2.22. The topological polar surface area (TPSA) is 174 Å². The molecule has 2 aromatic carbocycles. The predicted octanol–water partition coefficient (Wildman–Crippen LogP) is 3.69. The van der Waals surface area contributed by atoms with Gasteiger partial charge in [-0.2, -0.15) is 0 Å². The van der Waals surface area contributed by atoms with Crippen molar-refractivity contribution in [1.82, 2.24) is 10.6 Å². The van der Waals surface area contributed by atoms with Crippen molar-refractivity contribution < 1.29 is 38.7 Å². The smallest absolute Gasteiger partial charge is 0.407 e. The quantitative estimate of drug-likeness (QED) is 0.123. The van der Waals surface area contributed by atoms with Crippen LogP contribution in [0.3, 0.4) is 0 Å². The van der Waals surface area contributed by atoms with Crippen LogP contribution >= 0.6 is 0 Å². The van der Waals surface area contributed by atoms with Gasteiger partial charge in [-0.3, -0.25) is 19.7 Å². The Morgan fingerprint density at radius 3 is 2.28 bits per heavy atom. The number of carboxylic acid groups (broad SMARTS) is 1. The van der Waals surface area contributed by atoms with E-state index < -0.39 is 40.8 Å². The first-order valence-electron chi connectivity index (χ1n) is 12.6. The Kier molecular flexibility index (Phi) is 12.9. The lowest BCUT2D eigenvalue weighted by molar-refractivity contribution is -0.384. The van der Waals surface area contributed by atoms with Crippen LogP contribution in [0.15, 0.2) is 54.6 Å². The van der Waals surface area contributed by atoms with Crippen LogP contribution in [-0.2, 0) is 30.5 Å². The highest BCUT2D eigenvalue weighted by Gasteiger charge is 2.33. The number of non-ortho nitro benzene ring substituents is 1. The molecule has 12 heteroatoms. The highest BCUT2D eigenvalue weighted by molar-refractivity contribution is 5.85. The van der Waals surface area contributed by atoms with Gasteiger partial charge >= 0.3 is 18.0 Å². The Hall–Kier alpha value is -4.48. The summed E-state index contributed by atoms with van der Waals surface area (Å²) in [6, 6.07) is 12.9. The Labute approximate surface area is 225 Å². The summed E-state index contributed by atoms with van der Waals surface area (Å²) in [5.74, 6) is -3.53. The fourth-order valence-electron chi connectivity index (χ4n) is 3.80. The van der Waals surface area contributed by atoms with E-state index in [0.29, 0.717) is 31.4 Å². The summed E-state index contributed by atoms with van der Waals surface area (Å²) in [4.78, 5) is 58.9. The number of nitrogens with zero attached hydrogens (tertiary/aromatic N) is 1. The van der Waals surface area contributed by atoms with Gasteiger partial charge in [0, 0.05) is 31.0 Å². The van der Waals surface area contributed by atoms with Gasteiger partial charge in [-0.1, -0.05) is 48.9 Å². The van der Waals surface area contributed by atoms with E-state index in [0.717, 1.165) is 5.56 Å². The van der Waals surface area contributed by atoms with Crippen molar-refractivity contribution in [2.24, 2.45) is 0 Å². The molecule has 2 aromatic rings. The summed E-state index contributed by atoms with van der Waals surface area (Å²) in [5, 5.41) is 25.9. The summed E-state index contributed by atoms with van der Waals surface area (Å²) in [7, 11) is 0. The number of carbonyl (C=O) groups excluding carboxylic acids is 3. The molecule has 0 saturated heterocycles. The fourth-order valence-corrected chi connectivity index (χ4v) is 3.80. The summed E-state index contributed by atoms with van der Waals surface area (Å²) in [6.07, 6.45) is 0.783. The van der Waals surface area contributed by atoms with Crippen LogP contribution < -0.4 is 10.6 Å². The van der Waals surface area contributed by atoms with Crippen LogP contribution in [0.2, 0.25) is 0 Å². The molecule has 12 nitrogen and oxygen atoms in total. The predicted molar refractivity (Wildman–Crippen MR) is 140 cm³/mol. The fraction of sp³-hybridized carbons (Fsp3) is 0.407. The molecule has 0 aliphatic carbocycles. The van der Waals surface area contributed by atoms with E-state index in [2.05, 4.69) is 10.6 Å². The number of nitrogens with one attached hydrogen (secondary N) is 2. The van der Waals surface area contributed by atoms with E-state index in [9.17, 15) is 34.4 Å². The van der Waals surface area contributed by atoms with Crippen molar-refractivity contribution in [2.45, 2.75) is 57.6 Å². The number of aliphatic carboxylic acids is 1. The molecule has 0 heterocycles. The molecule has 0 aliphatic heterocycles. The highest BCUT2D eigenvalue weighted by atomic mass is 16.6. The molecule has 3 N–H and O–H groups in total. The van der Waals surface area contributed by atoms with E-state index in [-0.39, 0.29) is 31.7 Å². The summed E-state index contributed by atoms with van der Waals surface area (Å²) in [5.41, 5.74) is 1.02. The normalized spacial score (nSPS) is 12.0. The molecule has 0 fully saturated rings. The average Bonchev–Trinajstić information content (AvgIpc) is 2.92. The van der Waals surface area contributed by atoms with Crippen molar-refractivity contribution in [3.8, 4) is 0 Å². The molecule has 0 aliphatic rings. The maximum atomic E-state index is 12.5. The van der Waals surface area contributed by atoms with Crippen molar-refractivity contribution in [2.75, 3.05) is 13.2 Å². The minimum absolute atomic E-state index is 0.0363. The van der Waals surface area contributed by atoms with Crippen LogP contribution in [0.5, 0.6) is 0 Å². The van der Waals surface area contributed by atoms with E-state index in [4.69, 9.17) is 9.47 Å². The zero-order chi connectivity index (χ0) is 28.6. The first-order chi connectivity index (χ1) is 18.7. The first kappa shape index (κ1) is 30.7. The second-order valence-electron chi connectivity index (χ2n) is 8.65. The number of nitro benzene ring substituents is 1. The molecule has 0 aromatic heterocycles. The number of esters is 1. The van der Waals surface area contributed by atoms with Crippen LogP contribution in [0, 0.1) is 10.1 Å². The van der Waals surface area contributed by atoms with Crippen molar-refractivity contribution >= 4 is 29.6 Å². The maximum Gasteiger partial charge on any atom is 0.407 e. The molecule has 2 amide bonds. The summed E-state index contributed by atoms with van der Waals surface area (Å²) >= 11 is 0. The van der Waals surface area contributed by atoms with E-state index in [1.807, 2.05) is 30.3 Å². The third kappa shape index (κ3) is 11.2. The third-order valence-electron chi connectivity index (χ3n) is 5.77. The number of hydrogen-bond acceptors (Lipinski definition) is 8. The molecule has 0 radical (unpaired) electrons. The van der Waals surface area contributed by atoms with Crippen LogP contribution in [0.25, 0.3) is 0 Å². The maximum absolute atomic E-state index is 12.5. The number of carboxylic acids is 1. The number of hydrogen-bond donors (Lipinski definition) is 3. The average molecular weight is 544 g/mol. The lowest BCUT2D eigenvalue weighted by atomic mass is 9.88. The molecule has 0 spiro atoms. The second kappa shape index (κ2) is 16.4. The van der Waals surface area contributed by atoms with Crippen molar-refractivity contribution in [1.29, 1.82) is 0 Å². The molecule has 2 rings (SSSR count). The lowest BCUT2D eigenvalue weighted by Crippen LogP contribution is -2.45. The Balaban J connectivity index is 1.84. The van der Waals surface area contributed by atoms with Gasteiger partial charge in [-0.05, 0) is 30.9 Å². The monoisotopic (exact) mass is 543 g/mol. The number of ether oxygens (including phenoxy) is 2. The number of alkyl carbamates (subject to hydrolysis) is 1. The zero-order valence-corrected chi connectivity index (χ0v) is 21.7. The van der Waals surface area contributed by atoms with E-state index in [1.165, 1.54) is 24.3 Å². The van der Waals surface area contributed by atoms with Crippen LogP contribution in [-0.4, -0.2) is 53.2 Å². The van der Waals surface area contributed by atoms with Gasteiger partial charge in [0.15, 0.2) is 0 Å². The van der Waals surface area contributed by atoms with Gasteiger partial charge in [0.25, 0.3) is 5.69 Å². The Morgan fingerprint density at radius 2 is 1.67 bits per heavy atom. The SMILES string of the molecule is CCOC(=O)C[C@@H](c1ccc([N+](=O)[O-])cc1)[C@H](NC(=O)CCCCCNC(=O)OCc1ccccc1)C(=O)O. The standard InChI is InChI=1S/C27H33N3O9/c1-2-38-24(32)17-22(20-12-14-21(15-13-20)30(36)37)25(26(33)34)29-23(31)11-7-4-8-16-28-27(35)39-18-19-9-5-3-6-10-19/h3,5-6,9-10,12-15,22,25H,2,4,7-8,11,16-18H2,1H3,(H,28,35)(H,29,31)(H,33,34)/t22-,25-/m0/s1. The largest absolute Gasteiger partial charge is 0.480 e. The Morgan fingerprint density at radius 1 is 0.974 bits per heavy atom. The number of nitro groups is 1. The second-order valence-corrected chi connectivity index (χ2v) is 8.65.